The van der Waals surface area contributed by atoms with E-state index in [1.807, 2.05) is 6.07 Å². The summed E-state index contributed by atoms with van der Waals surface area (Å²) in [5.41, 5.74) is 5.89. The molecule has 0 spiro atoms. The molecule has 1 aromatic rings. The van der Waals surface area contributed by atoms with Gasteiger partial charge in [0.2, 0.25) is 0 Å². The van der Waals surface area contributed by atoms with E-state index in [2.05, 4.69) is 5.10 Å². The first kappa shape index (κ1) is 11.0. The van der Waals surface area contributed by atoms with E-state index in [4.69, 9.17) is 11.0 Å². The minimum atomic E-state index is -0.543. The number of rotatable bonds is 2. The van der Waals surface area contributed by atoms with Crippen LogP contribution in [-0.2, 0) is 0 Å². The molecule has 1 aromatic carbocycles. The second-order valence-electron chi connectivity index (χ2n) is 3.10. The summed E-state index contributed by atoms with van der Waals surface area (Å²) in [6, 6.07) is 6.23. The maximum Gasteiger partial charge on any atom is 0.260 e. The molecule has 0 atom stereocenters. The fourth-order valence-corrected chi connectivity index (χ4v) is 1.23. The molecule has 5 heteroatoms. The maximum absolute atomic E-state index is 13.2. The number of nitrogens with zero attached hydrogens (tertiary/aromatic N) is 2. The van der Waals surface area contributed by atoms with Crippen LogP contribution in [0.5, 0.6) is 0 Å². The van der Waals surface area contributed by atoms with Gasteiger partial charge in [-0.2, -0.15) is 10.4 Å². The van der Waals surface area contributed by atoms with Crippen molar-refractivity contribution in [2.45, 2.75) is 6.92 Å². The lowest BCUT2D eigenvalue weighted by Crippen LogP contribution is -2.85. The van der Waals surface area contributed by atoms with Crippen molar-refractivity contribution in [3.8, 4) is 6.07 Å². The van der Waals surface area contributed by atoms with Gasteiger partial charge in [-0.1, -0.05) is 6.07 Å². The topological polar surface area (TPSA) is 67.0 Å². The number of hydrazine groups is 1. The molecule has 0 saturated carbocycles. The van der Waals surface area contributed by atoms with Crippen molar-refractivity contribution < 1.29 is 9.49 Å². The third-order valence-corrected chi connectivity index (χ3v) is 1.81. The molecule has 0 unspecified atom stereocenters. The van der Waals surface area contributed by atoms with Crippen LogP contribution in [0.25, 0.3) is 0 Å². The minimum absolute atomic E-state index is 0.00579. The van der Waals surface area contributed by atoms with Crippen molar-refractivity contribution in [1.29, 1.82) is 5.26 Å². The second-order valence-corrected chi connectivity index (χ2v) is 3.10. The average Bonchev–Trinajstić information content (AvgIpc) is 2.16. The number of hydrogen-bond acceptors (Lipinski definition) is 2. The number of nitrogens with two attached hydrogens (primary N) is 1. The molecule has 15 heavy (non-hydrogen) atoms. The number of benzene rings is 1. The number of hydrogen-bond donors (Lipinski definition) is 2. The molecule has 0 aliphatic rings. The van der Waals surface area contributed by atoms with Crippen molar-refractivity contribution in [2.75, 3.05) is 12.1 Å². The van der Waals surface area contributed by atoms with Gasteiger partial charge < -0.3 is 0 Å². The fraction of sp³-hybridized carbons (Fsp3) is 0.200. The van der Waals surface area contributed by atoms with Gasteiger partial charge in [-0.25, -0.2) is 9.40 Å². The van der Waals surface area contributed by atoms with Crippen molar-refractivity contribution >= 4 is 11.5 Å². The number of halogens is 1. The van der Waals surface area contributed by atoms with Gasteiger partial charge in [-0.3, -0.25) is 5.73 Å². The highest BCUT2D eigenvalue weighted by molar-refractivity contribution is 5.71. The van der Waals surface area contributed by atoms with E-state index in [-0.39, 0.29) is 5.56 Å². The smallest absolute Gasteiger partial charge is 0.260 e. The Morgan fingerprint density at radius 1 is 1.60 bits per heavy atom. The fourth-order valence-electron chi connectivity index (χ4n) is 1.23. The molecule has 0 saturated heterocycles. The van der Waals surface area contributed by atoms with Crippen LogP contribution in [0.1, 0.15) is 12.5 Å². The van der Waals surface area contributed by atoms with E-state index in [0.717, 1.165) is 0 Å². The normalized spacial score (nSPS) is 10.9. The molecule has 0 amide bonds. The highest BCUT2D eigenvalue weighted by Crippen LogP contribution is 2.18. The standard InChI is InChI=1S/C10H11FN4/c1-7(13)14-15(2)10-5-3-4-9(11)8(10)6-12/h3-5H,1-2H3,(H2,13,14)/p+1. The Labute approximate surface area is 87.4 Å². The monoisotopic (exact) mass is 207 g/mol. The maximum atomic E-state index is 13.2. The zero-order chi connectivity index (χ0) is 11.4. The van der Waals surface area contributed by atoms with E-state index in [0.29, 0.717) is 11.5 Å². The Morgan fingerprint density at radius 3 is 2.80 bits per heavy atom. The van der Waals surface area contributed by atoms with Gasteiger partial charge in [-0.05, 0) is 12.1 Å². The lowest BCUT2D eigenvalue weighted by molar-refractivity contribution is -0.469. The molecule has 0 aliphatic heterocycles. The third-order valence-electron chi connectivity index (χ3n) is 1.81. The van der Waals surface area contributed by atoms with Gasteiger partial charge in [0.25, 0.3) is 5.84 Å². The highest BCUT2D eigenvalue weighted by Gasteiger charge is 2.12. The van der Waals surface area contributed by atoms with Crippen LogP contribution in [0, 0.1) is 17.1 Å². The van der Waals surface area contributed by atoms with Crippen LogP contribution in [0.2, 0.25) is 0 Å². The number of nitriles is 1. The lowest BCUT2D eigenvalue weighted by Gasteiger charge is -2.12. The van der Waals surface area contributed by atoms with Gasteiger partial charge in [-0.15, -0.1) is 0 Å². The minimum Gasteiger partial charge on any atom is -0.290 e. The van der Waals surface area contributed by atoms with Gasteiger partial charge in [0.15, 0.2) is 0 Å². The summed E-state index contributed by atoms with van der Waals surface area (Å²) in [6.45, 7) is 1.67. The van der Waals surface area contributed by atoms with Gasteiger partial charge in [0.1, 0.15) is 17.4 Å². The van der Waals surface area contributed by atoms with Crippen LogP contribution in [-0.4, -0.2) is 12.9 Å². The van der Waals surface area contributed by atoms with Gasteiger partial charge in [0, 0.05) is 14.0 Å². The Kier molecular flexibility index (Phi) is 3.24. The SMILES string of the molecule is CC(N)=[NH+]N(C)c1cccc(F)c1C#N. The van der Waals surface area contributed by atoms with E-state index in [1.54, 1.807) is 20.0 Å². The van der Waals surface area contributed by atoms with E-state index in [9.17, 15) is 4.39 Å². The Hall–Kier alpha value is -2.09. The molecular formula is C10H12FN4+. The largest absolute Gasteiger partial charge is 0.290 e. The predicted octanol–water partition coefficient (Wildman–Crippen LogP) is -0.494. The zero-order valence-corrected chi connectivity index (χ0v) is 8.58. The van der Waals surface area contributed by atoms with Crippen molar-refractivity contribution in [2.24, 2.45) is 5.73 Å². The summed E-state index contributed by atoms with van der Waals surface area (Å²) in [5.74, 6) is -0.0797. The molecule has 78 valence electrons. The lowest BCUT2D eigenvalue weighted by atomic mass is 10.2. The zero-order valence-electron chi connectivity index (χ0n) is 8.58. The molecule has 0 bridgehead atoms. The second kappa shape index (κ2) is 4.42. The number of anilines is 1. The molecular weight excluding hydrogens is 195 g/mol. The summed E-state index contributed by atoms with van der Waals surface area (Å²) in [4.78, 5) is 0. The third kappa shape index (κ3) is 2.44. The Morgan fingerprint density at radius 2 is 2.27 bits per heavy atom. The molecule has 3 N–H and O–H groups in total. The molecule has 4 nitrogen and oxygen atoms in total. The van der Waals surface area contributed by atoms with Crippen LogP contribution < -0.4 is 15.8 Å². The Balaban J connectivity index is 3.21. The first-order valence-corrected chi connectivity index (χ1v) is 4.34. The number of nitrogens with one attached hydrogen (secondary N) is 1. The molecule has 1 rings (SSSR count). The van der Waals surface area contributed by atoms with Crippen LogP contribution in [0.4, 0.5) is 10.1 Å². The van der Waals surface area contributed by atoms with E-state index < -0.39 is 5.82 Å². The summed E-state index contributed by atoms with van der Waals surface area (Å²) in [7, 11) is 1.66. The van der Waals surface area contributed by atoms with Gasteiger partial charge in [0.05, 0.1) is 5.69 Å². The van der Waals surface area contributed by atoms with Gasteiger partial charge >= 0.3 is 0 Å². The van der Waals surface area contributed by atoms with Crippen LogP contribution >= 0.6 is 0 Å². The molecule has 0 fully saturated rings. The first-order chi connectivity index (χ1) is 7.06. The van der Waals surface area contributed by atoms with Crippen molar-refractivity contribution in [3.63, 3.8) is 0 Å². The summed E-state index contributed by atoms with van der Waals surface area (Å²) in [5, 5.41) is 13.1. The molecule has 0 aromatic heterocycles. The summed E-state index contributed by atoms with van der Waals surface area (Å²) >= 11 is 0. The predicted molar refractivity (Wildman–Crippen MR) is 55.3 cm³/mol. The van der Waals surface area contributed by atoms with E-state index >= 15 is 0 Å². The first-order valence-electron chi connectivity index (χ1n) is 4.34. The Bertz CT molecular complexity index is 430. The summed E-state index contributed by atoms with van der Waals surface area (Å²) < 4.78 is 13.2. The average molecular weight is 207 g/mol. The highest BCUT2D eigenvalue weighted by atomic mass is 19.1. The molecule has 0 aliphatic carbocycles. The van der Waals surface area contributed by atoms with Crippen molar-refractivity contribution in [3.05, 3.63) is 29.6 Å². The number of hydrazone groups is 1. The van der Waals surface area contributed by atoms with Crippen LogP contribution in [0.3, 0.4) is 0 Å². The van der Waals surface area contributed by atoms with Crippen LogP contribution in [0.15, 0.2) is 18.2 Å². The molecule has 0 radical (unpaired) electrons. The summed E-state index contributed by atoms with van der Waals surface area (Å²) in [6.07, 6.45) is 0. The number of amidine groups is 1. The molecule has 0 heterocycles. The van der Waals surface area contributed by atoms with Crippen molar-refractivity contribution in [1.82, 2.24) is 0 Å². The van der Waals surface area contributed by atoms with E-state index in [1.165, 1.54) is 17.1 Å². The quantitative estimate of drug-likeness (QED) is 0.390.